The van der Waals surface area contributed by atoms with Crippen LogP contribution in [0.25, 0.3) is 0 Å². The van der Waals surface area contributed by atoms with E-state index in [9.17, 15) is 0 Å². The van der Waals surface area contributed by atoms with Gasteiger partial charge in [0.15, 0.2) is 0 Å². The average Bonchev–Trinajstić information content (AvgIpc) is 2.45. The first-order chi connectivity index (χ1) is 6.18. The van der Waals surface area contributed by atoms with Gasteiger partial charge in [0.05, 0.1) is 13.6 Å². The molecule has 4 heteroatoms. The van der Waals surface area contributed by atoms with Gasteiger partial charge in [0.1, 0.15) is 12.4 Å². The van der Waals surface area contributed by atoms with Gasteiger partial charge in [0.2, 0.25) is 6.33 Å². The molecule has 0 amide bonds. The maximum atomic E-state index is 2.23. The fourth-order valence-corrected chi connectivity index (χ4v) is 1.36. The Morgan fingerprint density at radius 1 is 1.29 bits per heavy atom. The molecule has 14 heavy (non-hydrogen) atoms. The quantitative estimate of drug-likeness (QED) is 0.428. The summed E-state index contributed by atoms with van der Waals surface area (Å²) in [6.07, 6.45) is 8.85. The smallest absolute Gasteiger partial charge is 0.243 e. The molecule has 0 spiro atoms. The standard InChI is InChI=1S/C10H20N3.BrH/c1-11(2)6-4-5-7-13-9-8-12(3)10-13;/h8-10H,4-7H2,1-3H3;1H/q+1;/p-1. The maximum Gasteiger partial charge on any atom is 0.243 e. The van der Waals surface area contributed by atoms with Gasteiger partial charge in [0.25, 0.3) is 0 Å². The molecule has 3 nitrogen and oxygen atoms in total. The Balaban J connectivity index is 0.00000169. The number of hydrogen-bond donors (Lipinski definition) is 0. The average molecular weight is 262 g/mol. The normalized spacial score (nSPS) is 10.3. The first-order valence-corrected chi connectivity index (χ1v) is 4.84. The minimum Gasteiger partial charge on any atom is -1.00 e. The molecule has 0 aromatic carbocycles. The fourth-order valence-electron chi connectivity index (χ4n) is 1.36. The molecule has 0 saturated heterocycles. The van der Waals surface area contributed by atoms with Crippen LogP contribution in [0.1, 0.15) is 12.8 Å². The summed E-state index contributed by atoms with van der Waals surface area (Å²) in [7, 11) is 6.29. The Morgan fingerprint density at radius 2 is 2.00 bits per heavy atom. The molecule has 0 saturated carbocycles. The zero-order chi connectivity index (χ0) is 9.68. The van der Waals surface area contributed by atoms with Crippen LogP contribution in [0.15, 0.2) is 18.7 Å². The molecule has 0 aliphatic carbocycles. The second-order valence-electron chi connectivity index (χ2n) is 3.83. The number of aryl methyl sites for hydroxylation is 2. The van der Waals surface area contributed by atoms with Crippen molar-refractivity contribution in [3.63, 3.8) is 0 Å². The number of hydrogen-bond acceptors (Lipinski definition) is 1. The van der Waals surface area contributed by atoms with Crippen molar-refractivity contribution in [3.8, 4) is 0 Å². The highest BCUT2D eigenvalue weighted by molar-refractivity contribution is 4.61. The zero-order valence-electron chi connectivity index (χ0n) is 9.28. The van der Waals surface area contributed by atoms with Gasteiger partial charge in [-0.05, 0) is 33.5 Å². The van der Waals surface area contributed by atoms with E-state index in [1.165, 1.54) is 19.4 Å². The first kappa shape index (κ1) is 13.7. The van der Waals surface area contributed by atoms with Gasteiger partial charge in [-0.2, -0.15) is 0 Å². The van der Waals surface area contributed by atoms with E-state index < -0.39 is 0 Å². The molecule has 0 radical (unpaired) electrons. The van der Waals surface area contributed by atoms with E-state index in [-0.39, 0.29) is 17.0 Å². The zero-order valence-corrected chi connectivity index (χ0v) is 10.9. The van der Waals surface area contributed by atoms with Crippen LogP contribution in [0.5, 0.6) is 0 Å². The van der Waals surface area contributed by atoms with Crippen LogP contribution in [0.2, 0.25) is 0 Å². The molecular weight excluding hydrogens is 242 g/mol. The third kappa shape index (κ3) is 5.40. The lowest BCUT2D eigenvalue weighted by Crippen LogP contribution is -3.00. The van der Waals surface area contributed by atoms with Gasteiger partial charge in [-0.25, -0.2) is 9.13 Å². The SMILES string of the molecule is CN(C)CCCC[n+]1ccn(C)c1.[Br-]. The highest BCUT2D eigenvalue weighted by Gasteiger charge is 1.99. The largest absolute Gasteiger partial charge is 1.00 e. The first-order valence-electron chi connectivity index (χ1n) is 4.84. The van der Waals surface area contributed by atoms with Gasteiger partial charge < -0.3 is 21.9 Å². The van der Waals surface area contributed by atoms with Crippen LogP contribution in [0.3, 0.4) is 0 Å². The molecule has 1 aromatic rings. The molecule has 0 unspecified atom stereocenters. The molecule has 0 aliphatic rings. The number of nitrogens with zero attached hydrogens (tertiary/aromatic N) is 3. The number of halogens is 1. The summed E-state index contributed by atoms with van der Waals surface area (Å²) in [5.41, 5.74) is 0. The Bertz CT molecular complexity index is 245. The van der Waals surface area contributed by atoms with Crippen molar-refractivity contribution >= 4 is 0 Å². The van der Waals surface area contributed by atoms with E-state index in [2.05, 4.69) is 53.9 Å². The van der Waals surface area contributed by atoms with E-state index in [0.717, 1.165) is 6.54 Å². The van der Waals surface area contributed by atoms with E-state index >= 15 is 0 Å². The van der Waals surface area contributed by atoms with E-state index in [1.807, 2.05) is 0 Å². The van der Waals surface area contributed by atoms with Gasteiger partial charge >= 0.3 is 0 Å². The van der Waals surface area contributed by atoms with Crippen LogP contribution in [-0.2, 0) is 13.6 Å². The van der Waals surface area contributed by atoms with Crippen LogP contribution >= 0.6 is 0 Å². The van der Waals surface area contributed by atoms with Crippen molar-refractivity contribution in [2.75, 3.05) is 20.6 Å². The molecule has 82 valence electrons. The van der Waals surface area contributed by atoms with Gasteiger partial charge in [-0.1, -0.05) is 0 Å². The van der Waals surface area contributed by atoms with Crippen molar-refractivity contribution in [1.29, 1.82) is 0 Å². The molecule has 0 aliphatic heterocycles. The van der Waals surface area contributed by atoms with Crippen molar-refractivity contribution < 1.29 is 21.5 Å². The summed E-state index contributed by atoms with van der Waals surface area (Å²) in [4.78, 5) is 2.23. The van der Waals surface area contributed by atoms with E-state index in [1.54, 1.807) is 0 Å². The Hall–Kier alpha value is -0.350. The third-order valence-electron chi connectivity index (χ3n) is 2.10. The summed E-state index contributed by atoms with van der Waals surface area (Å²) in [5, 5.41) is 0. The summed E-state index contributed by atoms with van der Waals surface area (Å²) >= 11 is 0. The summed E-state index contributed by atoms with van der Waals surface area (Å²) in [6, 6.07) is 0. The second kappa shape index (κ2) is 7.01. The Labute approximate surface area is 97.1 Å². The molecule has 1 rings (SSSR count). The van der Waals surface area contributed by atoms with Gasteiger partial charge in [-0.3, -0.25) is 0 Å². The van der Waals surface area contributed by atoms with E-state index in [4.69, 9.17) is 0 Å². The van der Waals surface area contributed by atoms with Crippen molar-refractivity contribution in [3.05, 3.63) is 18.7 Å². The van der Waals surface area contributed by atoms with E-state index in [0.29, 0.717) is 0 Å². The van der Waals surface area contributed by atoms with Crippen LogP contribution in [-0.4, -0.2) is 30.1 Å². The summed E-state index contributed by atoms with van der Waals surface area (Å²) in [5.74, 6) is 0. The van der Waals surface area contributed by atoms with Crippen LogP contribution in [0, 0.1) is 0 Å². The number of unbranched alkanes of at least 4 members (excludes halogenated alkanes) is 1. The topological polar surface area (TPSA) is 12.1 Å². The van der Waals surface area contributed by atoms with Crippen molar-refractivity contribution in [1.82, 2.24) is 9.47 Å². The second-order valence-corrected chi connectivity index (χ2v) is 3.83. The predicted molar refractivity (Wildman–Crippen MR) is 53.4 cm³/mol. The highest BCUT2D eigenvalue weighted by atomic mass is 79.9. The maximum absolute atomic E-state index is 2.23. The Kier molecular flexibility index (Phi) is 6.83. The molecule has 0 N–H and O–H groups in total. The lowest BCUT2D eigenvalue weighted by atomic mass is 10.3. The molecule has 0 bridgehead atoms. The molecule has 0 fully saturated rings. The minimum absolute atomic E-state index is 0. The number of imidazole rings is 1. The lowest BCUT2D eigenvalue weighted by molar-refractivity contribution is -0.696. The third-order valence-corrected chi connectivity index (χ3v) is 2.10. The molecular formula is C10H20BrN3. The monoisotopic (exact) mass is 261 g/mol. The fraction of sp³-hybridized carbons (Fsp3) is 0.700. The van der Waals surface area contributed by atoms with Crippen molar-refractivity contribution in [2.45, 2.75) is 19.4 Å². The Morgan fingerprint density at radius 3 is 2.50 bits per heavy atom. The van der Waals surface area contributed by atoms with Gasteiger partial charge in [0, 0.05) is 0 Å². The minimum atomic E-state index is 0. The summed E-state index contributed by atoms with van der Waals surface area (Å²) < 4.78 is 4.31. The van der Waals surface area contributed by atoms with Crippen LogP contribution < -0.4 is 21.5 Å². The number of rotatable bonds is 5. The van der Waals surface area contributed by atoms with Gasteiger partial charge in [-0.15, -0.1) is 0 Å². The van der Waals surface area contributed by atoms with Crippen LogP contribution in [0.4, 0.5) is 0 Å². The highest BCUT2D eigenvalue weighted by Crippen LogP contribution is 1.90. The molecule has 1 heterocycles. The molecule has 1 aromatic heterocycles. The van der Waals surface area contributed by atoms with Crippen molar-refractivity contribution in [2.24, 2.45) is 7.05 Å². The lowest BCUT2D eigenvalue weighted by Gasteiger charge is -2.07. The summed E-state index contributed by atoms with van der Waals surface area (Å²) in [6.45, 7) is 2.32. The predicted octanol–water partition coefficient (Wildman–Crippen LogP) is -2.34. The number of aromatic nitrogens is 2. The molecule has 0 atom stereocenters.